The van der Waals surface area contributed by atoms with Crippen LogP contribution in [0, 0.1) is 16.2 Å². The Bertz CT molecular complexity index is 297. The SMILES string of the molecule is O=[N+]([O-])c1ccc(O)[c]c1O. The zero-order valence-electron chi connectivity index (χ0n) is 5.31. The molecule has 0 unspecified atom stereocenters. The second kappa shape index (κ2) is 2.45. The van der Waals surface area contributed by atoms with Crippen molar-refractivity contribution in [3.05, 3.63) is 28.3 Å². The fraction of sp³-hybridized carbons (Fsp3) is 0. The summed E-state index contributed by atoms with van der Waals surface area (Å²) in [7, 11) is 0. The van der Waals surface area contributed by atoms with Crippen LogP contribution in [0.4, 0.5) is 5.69 Å². The number of nitro groups is 1. The molecule has 0 aliphatic heterocycles. The van der Waals surface area contributed by atoms with Crippen molar-refractivity contribution in [1.29, 1.82) is 0 Å². The molecule has 0 aliphatic carbocycles. The molecule has 1 aromatic rings. The van der Waals surface area contributed by atoms with E-state index in [2.05, 4.69) is 0 Å². The molecule has 0 amide bonds. The molecule has 1 radical (unpaired) electrons. The van der Waals surface area contributed by atoms with Crippen LogP contribution < -0.4 is 0 Å². The van der Waals surface area contributed by atoms with Gasteiger partial charge in [0, 0.05) is 6.07 Å². The number of phenols is 2. The average Bonchev–Trinajstić information content (AvgIpc) is 1.85. The number of benzene rings is 1. The summed E-state index contributed by atoms with van der Waals surface area (Å²) >= 11 is 0. The van der Waals surface area contributed by atoms with Crippen LogP contribution in [-0.2, 0) is 0 Å². The van der Waals surface area contributed by atoms with Gasteiger partial charge in [-0.25, -0.2) is 0 Å². The minimum absolute atomic E-state index is 0.326. The number of hydrogen-bond donors (Lipinski definition) is 2. The van der Waals surface area contributed by atoms with E-state index in [0.717, 1.165) is 12.1 Å². The van der Waals surface area contributed by atoms with Crippen molar-refractivity contribution < 1.29 is 15.1 Å². The van der Waals surface area contributed by atoms with Gasteiger partial charge in [0.2, 0.25) is 5.75 Å². The van der Waals surface area contributed by atoms with E-state index < -0.39 is 16.4 Å². The molecule has 0 atom stereocenters. The summed E-state index contributed by atoms with van der Waals surface area (Å²) in [6, 6.07) is 4.07. The summed E-state index contributed by atoms with van der Waals surface area (Å²) in [5.74, 6) is -0.983. The van der Waals surface area contributed by atoms with Crippen molar-refractivity contribution >= 4 is 5.69 Å². The number of phenolic OH excluding ortho intramolecular Hbond substituents is 2. The Morgan fingerprint density at radius 2 is 2.09 bits per heavy atom. The fourth-order valence-electron chi connectivity index (χ4n) is 0.611. The Morgan fingerprint density at radius 1 is 1.45 bits per heavy atom. The third-order valence-corrected chi connectivity index (χ3v) is 1.08. The minimum Gasteiger partial charge on any atom is -0.507 e. The largest absolute Gasteiger partial charge is 0.507 e. The van der Waals surface area contributed by atoms with E-state index in [1.165, 1.54) is 0 Å². The molecule has 0 aromatic heterocycles. The van der Waals surface area contributed by atoms with Crippen LogP contribution in [-0.4, -0.2) is 15.1 Å². The number of nitro benzene ring substituents is 1. The first-order chi connectivity index (χ1) is 5.11. The van der Waals surface area contributed by atoms with Gasteiger partial charge in [0.1, 0.15) is 5.75 Å². The molecule has 0 saturated heterocycles. The predicted molar refractivity (Wildman–Crippen MR) is 35.3 cm³/mol. The van der Waals surface area contributed by atoms with Gasteiger partial charge in [0.05, 0.1) is 11.0 Å². The van der Waals surface area contributed by atoms with Gasteiger partial charge in [-0.3, -0.25) is 10.1 Å². The smallest absolute Gasteiger partial charge is 0.311 e. The Balaban J connectivity index is 3.20. The predicted octanol–water partition coefficient (Wildman–Crippen LogP) is 0.806. The Morgan fingerprint density at radius 3 is 2.55 bits per heavy atom. The van der Waals surface area contributed by atoms with Crippen molar-refractivity contribution in [2.45, 2.75) is 0 Å². The lowest BCUT2D eigenvalue weighted by Gasteiger charge is -1.94. The summed E-state index contributed by atoms with van der Waals surface area (Å²) in [5.41, 5.74) is -0.470. The first-order valence-electron chi connectivity index (χ1n) is 2.70. The van der Waals surface area contributed by atoms with Gasteiger partial charge >= 0.3 is 5.69 Å². The quantitative estimate of drug-likeness (QED) is 0.463. The molecular weight excluding hydrogens is 150 g/mol. The monoisotopic (exact) mass is 154 g/mol. The number of nitrogens with zero attached hydrogens (tertiary/aromatic N) is 1. The van der Waals surface area contributed by atoms with Gasteiger partial charge in [0.15, 0.2) is 0 Å². The Labute approximate surface area is 61.7 Å². The maximum absolute atomic E-state index is 10.1. The van der Waals surface area contributed by atoms with E-state index >= 15 is 0 Å². The highest BCUT2D eigenvalue weighted by Crippen LogP contribution is 2.27. The molecule has 1 aromatic carbocycles. The second-order valence-corrected chi connectivity index (χ2v) is 1.83. The molecule has 0 bridgehead atoms. The first kappa shape index (κ1) is 7.33. The molecule has 57 valence electrons. The van der Waals surface area contributed by atoms with Gasteiger partial charge in [0.25, 0.3) is 0 Å². The third kappa shape index (κ3) is 1.37. The van der Waals surface area contributed by atoms with Crippen LogP contribution in [0.2, 0.25) is 0 Å². The molecule has 2 N–H and O–H groups in total. The number of rotatable bonds is 1. The molecular formula is C6H4NO4. The van der Waals surface area contributed by atoms with Gasteiger partial charge in [-0.1, -0.05) is 0 Å². The van der Waals surface area contributed by atoms with E-state index in [0.29, 0.717) is 0 Å². The van der Waals surface area contributed by atoms with E-state index in [9.17, 15) is 10.1 Å². The molecule has 0 spiro atoms. The molecule has 11 heavy (non-hydrogen) atoms. The summed E-state index contributed by atoms with van der Waals surface area (Å²) in [6.45, 7) is 0. The maximum Gasteiger partial charge on any atom is 0.311 e. The highest BCUT2D eigenvalue weighted by molar-refractivity contribution is 5.47. The van der Waals surface area contributed by atoms with E-state index in [-0.39, 0.29) is 5.75 Å². The highest BCUT2D eigenvalue weighted by Gasteiger charge is 2.12. The highest BCUT2D eigenvalue weighted by atomic mass is 16.6. The Kier molecular flexibility index (Phi) is 1.63. The normalized spacial score (nSPS) is 9.45. The molecule has 0 fully saturated rings. The summed E-state index contributed by atoms with van der Waals surface area (Å²) in [4.78, 5) is 9.32. The van der Waals surface area contributed by atoms with E-state index in [4.69, 9.17) is 10.2 Å². The van der Waals surface area contributed by atoms with Crippen molar-refractivity contribution in [1.82, 2.24) is 0 Å². The molecule has 5 nitrogen and oxygen atoms in total. The standard InChI is InChI=1S/C6H4NO4/c8-4-1-2-5(7(10)11)6(9)3-4/h1-2,8-9H. The number of aromatic hydroxyl groups is 2. The lowest BCUT2D eigenvalue weighted by atomic mass is 10.3. The fourth-order valence-corrected chi connectivity index (χ4v) is 0.611. The summed E-state index contributed by atoms with van der Waals surface area (Å²) in [5, 5.41) is 27.6. The zero-order valence-corrected chi connectivity index (χ0v) is 5.31. The van der Waals surface area contributed by atoms with Crippen LogP contribution in [0.25, 0.3) is 0 Å². The van der Waals surface area contributed by atoms with Gasteiger partial charge < -0.3 is 10.2 Å². The number of hydrogen-bond acceptors (Lipinski definition) is 4. The lowest BCUT2D eigenvalue weighted by molar-refractivity contribution is -0.385. The van der Waals surface area contributed by atoms with Crippen molar-refractivity contribution in [3.63, 3.8) is 0 Å². The van der Waals surface area contributed by atoms with Crippen LogP contribution in [0.15, 0.2) is 12.1 Å². The van der Waals surface area contributed by atoms with E-state index in [1.807, 2.05) is 6.07 Å². The molecule has 0 heterocycles. The Hall–Kier alpha value is -1.78. The van der Waals surface area contributed by atoms with E-state index in [1.54, 1.807) is 0 Å². The lowest BCUT2D eigenvalue weighted by Crippen LogP contribution is -1.87. The van der Waals surface area contributed by atoms with Gasteiger partial charge in [-0.15, -0.1) is 0 Å². The van der Waals surface area contributed by atoms with Crippen LogP contribution in [0.1, 0.15) is 0 Å². The molecule has 5 heteroatoms. The topological polar surface area (TPSA) is 83.6 Å². The van der Waals surface area contributed by atoms with Gasteiger partial charge in [-0.05, 0) is 6.07 Å². The average molecular weight is 154 g/mol. The zero-order chi connectivity index (χ0) is 8.43. The molecule has 0 saturated carbocycles. The van der Waals surface area contributed by atoms with Crippen LogP contribution >= 0.6 is 0 Å². The van der Waals surface area contributed by atoms with Crippen molar-refractivity contribution in [2.24, 2.45) is 0 Å². The summed E-state index contributed by atoms with van der Waals surface area (Å²) in [6.07, 6.45) is 0. The summed E-state index contributed by atoms with van der Waals surface area (Å²) < 4.78 is 0. The van der Waals surface area contributed by atoms with Crippen LogP contribution in [0.5, 0.6) is 11.5 Å². The first-order valence-corrected chi connectivity index (χ1v) is 2.70. The van der Waals surface area contributed by atoms with Crippen molar-refractivity contribution in [3.8, 4) is 11.5 Å². The van der Waals surface area contributed by atoms with Gasteiger partial charge in [-0.2, -0.15) is 0 Å². The van der Waals surface area contributed by atoms with Crippen molar-refractivity contribution in [2.75, 3.05) is 0 Å². The maximum atomic E-state index is 10.1. The second-order valence-electron chi connectivity index (χ2n) is 1.83. The third-order valence-electron chi connectivity index (χ3n) is 1.08. The minimum atomic E-state index is -0.759. The van der Waals surface area contributed by atoms with Crippen LogP contribution in [0.3, 0.4) is 0 Å². The molecule has 1 rings (SSSR count). The molecule has 0 aliphatic rings.